The molecule has 3 rings (SSSR count). The second kappa shape index (κ2) is 6.66. The van der Waals surface area contributed by atoms with Crippen molar-refractivity contribution in [2.45, 2.75) is 0 Å². The van der Waals surface area contributed by atoms with Gasteiger partial charge in [0.15, 0.2) is 11.5 Å². The maximum absolute atomic E-state index is 12.2. The lowest BCUT2D eigenvalue weighted by atomic mass is 10.2. The van der Waals surface area contributed by atoms with Crippen molar-refractivity contribution < 1.29 is 14.3 Å². The van der Waals surface area contributed by atoms with Crippen LogP contribution in [0, 0.1) is 0 Å². The second-order valence-corrected chi connectivity index (χ2v) is 5.13. The Hall–Kier alpha value is -2.61. The zero-order valence-corrected chi connectivity index (χ0v) is 13.1. The van der Waals surface area contributed by atoms with E-state index in [9.17, 15) is 4.79 Å². The molecule has 1 fully saturated rings. The van der Waals surface area contributed by atoms with E-state index >= 15 is 0 Å². The predicted molar refractivity (Wildman–Crippen MR) is 86.1 cm³/mol. The largest absolute Gasteiger partial charge is 0.493 e. The number of fused-ring (bicyclic) bond motifs is 1. The van der Waals surface area contributed by atoms with Crippen molar-refractivity contribution >= 4 is 22.9 Å². The third kappa shape index (κ3) is 3.26. The van der Waals surface area contributed by atoms with Crippen molar-refractivity contribution in [3.05, 3.63) is 18.3 Å². The Morgan fingerprint density at radius 2 is 1.91 bits per heavy atom. The summed E-state index contributed by atoms with van der Waals surface area (Å²) in [6.07, 6.45) is 1.65. The number of carbonyl (C=O) groups excluding carboxylic acids is 1. The lowest BCUT2D eigenvalue weighted by Gasteiger charge is -2.27. The third-order valence-corrected chi connectivity index (χ3v) is 3.71. The van der Waals surface area contributed by atoms with Crippen LogP contribution < -0.4 is 20.1 Å². The van der Waals surface area contributed by atoms with Crippen LogP contribution in [0.25, 0.3) is 10.9 Å². The van der Waals surface area contributed by atoms with Crippen LogP contribution in [0.4, 0.5) is 10.7 Å². The van der Waals surface area contributed by atoms with Crippen molar-refractivity contribution in [1.82, 2.24) is 20.2 Å². The molecule has 1 aliphatic heterocycles. The summed E-state index contributed by atoms with van der Waals surface area (Å²) < 4.78 is 10.5. The highest BCUT2D eigenvalue weighted by Gasteiger charge is 2.17. The molecule has 1 aromatic carbocycles. The van der Waals surface area contributed by atoms with Crippen LogP contribution in [-0.4, -0.2) is 61.3 Å². The van der Waals surface area contributed by atoms with Gasteiger partial charge in [-0.3, -0.25) is 5.32 Å². The maximum Gasteiger partial charge on any atom is 0.324 e. The summed E-state index contributed by atoms with van der Waals surface area (Å²) in [6.45, 7) is 2.93. The summed E-state index contributed by atoms with van der Waals surface area (Å²) in [7, 11) is 3.14. The molecule has 2 aromatic rings. The van der Waals surface area contributed by atoms with Crippen LogP contribution in [0.5, 0.6) is 11.5 Å². The first-order valence-electron chi connectivity index (χ1n) is 7.36. The number of piperazine rings is 1. The van der Waals surface area contributed by atoms with Crippen LogP contribution in [-0.2, 0) is 0 Å². The van der Waals surface area contributed by atoms with E-state index in [1.807, 2.05) is 0 Å². The zero-order valence-electron chi connectivity index (χ0n) is 13.1. The summed E-state index contributed by atoms with van der Waals surface area (Å²) in [5.41, 5.74) is 0.674. The van der Waals surface area contributed by atoms with Crippen molar-refractivity contribution in [2.24, 2.45) is 0 Å². The number of methoxy groups -OCH3 is 2. The van der Waals surface area contributed by atoms with Gasteiger partial charge in [-0.15, -0.1) is 0 Å². The topological polar surface area (TPSA) is 88.6 Å². The molecule has 2 N–H and O–H groups in total. The van der Waals surface area contributed by atoms with Gasteiger partial charge in [-0.05, 0) is 6.07 Å². The van der Waals surface area contributed by atoms with E-state index in [1.165, 1.54) is 0 Å². The molecule has 8 heteroatoms. The van der Waals surface area contributed by atoms with Gasteiger partial charge in [0.2, 0.25) is 5.95 Å². The van der Waals surface area contributed by atoms with Gasteiger partial charge in [0.1, 0.15) is 0 Å². The first-order chi connectivity index (χ1) is 11.2. The monoisotopic (exact) mass is 317 g/mol. The first-order valence-corrected chi connectivity index (χ1v) is 7.36. The van der Waals surface area contributed by atoms with Crippen molar-refractivity contribution in [3.63, 3.8) is 0 Å². The number of carbonyl (C=O) groups is 1. The molecule has 0 bridgehead atoms. The van der Waals surface area contributed by atoms with Crippen LogP contribution in [0.3, 0.4) is 0 Å². The normalized spacial score (nSPS) is 14.6. The van der Waals surface area contributed by atoms with E-state index in [2.05, 4.69) is 20.6 Å². The minimum Gasteiger partial charge on any atom is -0.493 e. The fraction of sp³-hybridized carbons (Fsp3) is 0.400. The van der Waals surface area contributed by atoms with Crippen molar-refractivity contribution in [3.8, 4) is 11.5 Å². The SMILES string of the molecule is COc1cc2cnc(NC(=O)N3CCNCC3)nc2cc1OC. The predicted octanol–water partition coefficient (Wildman–Crippen LogP) is 1.08. The summed E-state index contributed by atoms with van der Waals surface area (Å²) in [5.74, 6) is 1.47. The van der Waals surface area contributed by atoms with E-state index in [0.29, 0.717) is 30.1 Å². The summed E-state index contributed by atoms with van der Waals surface area (Å²) in [6, 6.07) is 3.37. The number of hydrogen-bond acceptors (Lipinski definition) is 6. The third-order valence-electron chi connectivity index (χ3n) is 3.71. The molecule has 2 heterocycles. The van der Waals surface area contributed by atoms with Crippen LogP contribution in [0.2, 0.25) is 0 Å². The van der Waals surface area contributed by atoms with Gasteiger partial charge < -0.3 is 19.7 Å². The van der Waals surface area contributed by atoms with Gasteiger partial charge in [-0.1, -0.05) is 0 Å². The van der Waals surface area contributed by atoms with E-state index in [-0.39, 0.29) is 12.0 Å². The minimum atomic E-state index is -0.189. The van der Waals surface area contributed by atoms with E-state index < -0.39 is 0 Å². The molecule has 0 aliphatic carbocycles. The quantitative estimate of drug-likeness (QED) is 0.881. The van der Waals surface area contributed by atoms with E-state index in [0.717, 1.165) is 18.5 Å². The summed E-state index contributed by atoms with van der Waals surface area (Å²) in [5, 5.41) is 6.75. The van der Waals surface area contributed by atoms with Crippen molar-refractivity contribution in [2.75, 3.05) is 45.7 Å². The minimum absolute atomic E-state index is 0.189. The molecular formula is C15H19N5O3. The van der Waals surface area contributed by atoms with Crippen LogP contribution in [0.1, 0.15) is 0 Å². The standard InChI is InChI=1S/C15H19N5O3/c1-22-12-7-10-9-17-14(18-11(10)8-13(12)23-2)19-15(21)20-5-3-16-4-6-20/h7-9,16H,3-6H2,1-2H3,(H,17,18,19,21). The molecule has 1 saturated heterocycles. The highest BCUT2D eigenvalue weighted by atomic mass is 16.5. The molecule has 0 unspecified atom stereocenters. The molecule has 1 aromatic heterocycles. The molecule has 23 heavy (non-hydrogen) atoms. The highest BCUT2D eigenvalue weighted by molar-refractivity contribution is 5.89. The van der Waals surface area contributed by atoms with E-state index in [1.54, 1.807) is 37.4 Å². The Bertz CT molecular complexity index is 716. The van der Waals surface area contributed by atoms with E-state index in [4.69, 9.17) is 9.47 Å². The number of urea groups is 1. The van der Waals surface area contributed by atoms with Gasteiger partial charge in [0.25, 0.3) is 0 Å². The highest BCUT2D eigenvalue weighted by Crippen LogP contribution is 2.31. The Morgan fingerprint density at radius 1 is 1.22 bits per heavy atom. The fourth-order valence-corrected chi connectivity index (χ4v) is 2.46. The second-order valence-electron chi connectivity index (χ2n) is 5.13. The Balaban J connectivity index is 1.83. The number of nitrogens with zero attached hydrogens (tertiary/aromatic N) is 3. The zero-order chi connectivity index (χ0) is 16.2. The lowest BCUT2D eigenvalue weighted by molar-refractivity contribution is 0.203. The number of hydrogen-bond donors (Lipinski definition) is 2. The molecule has 122 valence electrons. The number of amides is 2. The average molecular weight is 317 g/mol. The number of benzene rings is 1. The Labute approximate surface area is 133 Å². The number of rotatable bonds is 3. The number of aromatic nitrogens is 2. The number of ether oxygens (including phenoxy) is 2. The molecule has 0 atom stereocenters. The summed E-state index contributed by atoms with van der Waals surface area (Å²) >= 11 is 0. The molecule has 1 aliphatic rings. The molecule has 0 saturated carbocycles. The average Bonchev–Trinajstić information content (AvgIpc) is 2.61. The number of nitrogens with one attached hydrogen (secondary N) is 2. The molecule has 8 nitrogen and oxygen atoms in total. The summed E-state index contributed by atoms with van der Waals surface area (Å²) in [4.78, 5) is 22.5. The number of anilines is 1. The van der Waals surface area contributed by atoms with Gasteiger partial charge in [0.05, 0.1) is 19.7 Å². The lowest BCUT2D eigenvalue weighted by Crippen LogP contribution is -2.48. The van der Waals surface area contributed by atoms with Crippen molar-refractivity contribution in [1.29, 1.82) is 0 Å². The molecule has 0 radical (unpaired) electrons. The fourth-order valence-electron chi connectivity index (χ4n) is 2.46. The Kier molecular flexibility index (Phi) is 4.42. The first kappa shape index (κ1) is 15.3. The van der Waals surface area contributed by atoms with Gasteiger partial charge in [-0.25, -0.2) is 14.8 Å². The molecule has 2 amide bonds. The molecular weight excluding hydrogens is 298 g/mol. The van der Waals surface area contributed by atoms with Crippen LogP contribution >= 0.6 is 0 Å². The van der Waals surface area contributed by atoms with Gasteiger partial charge in [-0.2, -0.15) is 0 Å². The molecule has 0 spiro atoms. The maximum atomic E-state index is 12.2. The Morgan fingerprint density at radius 3 is 2.61 bits per heavy atom. The van der Waals surface area contributed by atoms with Gasteiger partial charge >= 0.3 is 6.03 Å². The van der Waals surface area contributed by atoms with Gasteiger partial charge in [0, 0.05) is 43.8 Å². The smallest absolute Gasteiger partial charge is 0.324 e. The van der Waals surface area contributed by atoms with Crippen LogP contribution in [0.15, 0.2) is 18.3 Å².